The summed E-state index contributed by atoms with van der Waals surface area (Å²) < 4.78 is 17.2. The molecule has 7 nitrogen and oxygen atoms in total. The van der Waals surface area contributed by atoms with Gasteiger partial charge in [0.2, 0.25) is 12.0 Å². The number of ether oxygens (including phenoxy) is 3. The van der Waals surface area contributed by atoms with Gasteiger partial charge in [0.25, 0.3) is 5.91 Å². The van der Waals surface area contributed by atoms with Crippen LogP contribution in [0.3, 0.4) is 0 Å². The maximum Gasteiger partial charge on any atom is 0.272 e. The SMILES string of the molecule is COc1ccc(CNC(=O)[C@@H](c2ccc(C)cc2)N(C(=O)[C@@H]2COc3ccccc3O2)c2ccccc2)cc1. The highest BCUT2D eigenvalue weighted by Crippen LogP contribution is 2.34. The smallest absolute Gasteiger partial charge is 0.272 e. The van der Waals surface area contributed by atoms with Gasteiger partial charge in [0.05, 0.1) is 7.11 Å². The van der Waals surface area contributed by atoms with E-state index in [-0.39, 0.29) is 18.4 Å². The molecule has 0 radical (unpaired) electrons. The largest absolute Gasteiger partial charge is 0.497 e. The van der Waals surface area contributed by atoms with Crippen molar-refractivity contribution in [3.05, 3.63) is 120 Å². The molecule has 4 aromatic carbocycles. The second-order valence-electron chi connectivity index (χ2n) is 9.29. The van der Waals surface area contributed by atoms with Gasteiger partial charge in [0.15, 0.2) is 11.5 Å². The number of methoxy groups -OCH3 is 1. The number of nitrogens with zero attached hydrogens (tertiary/aromatic N) is 1. The quantitative estimate of drug-likeness (QED) is 0.343. The Morgan fingerprint density at radius 3 is 2.26 bits per heavy atom. The summed E-state index contributed by atoms with van der Waals surface area (Å²) in [4.78, 5) is 29.6. The molecule has 39 heavy (non-hydrogen) atoms. The van der Waals surface area contributed by atoms with Crippen molar-refractivity contribution in [1.82, 2.24) is 5.32 Å². The van der Waals surface area contributed by atoms with Gasteiger partial charge in [-0.25, -0.2) is 0 Å². The van der Waals surface area contributed by atoms with Gasteiger partial charge in [-0.2, -0.15) is 0 Å². The summed E-state index contributed by atoms with van der Waals surface area (Å²) in [6, 6.07) is 30.6. The molecule has 198 valence electrons. The molecular formula is C32H30N2O5. The summed E-state index contributed by atoms with van der Waals surface area (Å²) >= 11 is 0. The third-order valence-electron chi connectivity index (χ3n) is 6.58. The molecule has 0 unspecified atom stereocenters. The topological polar surface area (TPSA) is 77.1 Å². The number of fused-ring (bicyclic) bond motifs is 1. The van der Waals surface area contributed by atoms with Crippen LogP contribution in [0.5, 0.6) is 17.2 Å². The lowest BCUT2D eigenvalue weighted by Gasteiger charge is -2.35. The summed E-state index contributed by atoms with van der Waals surface area (Å²) in [5.74, 6) is 1.12. The molecule has 1 N–H and O–H groups in total. The van der Waals surface area contributed by atoms with Crippen LogP contribution in [-0.4, -0.2) is 31.6 Å². The second-order valence-corrected chi connectivity index (χ2v) is 9.29. The number of carbonyl (C=O) groups excluding carboxylic acids is 2. The minimum atomic E-state index is -0.945. The molecular weight excluding hydrogens is 492 g/mol. The molecule has 1 heterocycles. The number of hydrogen-bond donors (Lipinski definition) is 1. The van der Waals surface area contributed by atoms with Crippen molar-refractivity contribution in [3.8, 4) is 17.2 Å². The van der Waals surface area contributed by atoms with E-state index >= 15 is 0 Å². The summed E-state index contributed by atoms with van der Waals surface area (Å²) in [5, 5.41) is 3.03. The van der Waals surface area contributed by atoms with Gasteiger partial charge in [0.1, 0.15) is 18.4 Å². The average molecular weight is 523 g/mol. The van der Waals surface area contributed by atoms with Gasteiger partial charge < -0.3 is 19.5 Å². The van der Waals surface area contributed by atoms with Crippen LogP contribution < -0.4 is 24.4 Å². The first-order valence-electron chi connectivity index (χ1n) is 12.8. The molecule has 0 aromatic heterocycles. The minimum absolute atomic E-state index is 0.0350. The van der Waals surface area contributed by atoms with Crippen molar-refractivity contribution < 1.29 is 23.8 Å². The molecule has 0 spiro atoms. The first kappa shape index (κ1) is 25.9. The zero-order chi connectivity index (χ0) is 27.2. The number of aryl methyl sites for hydroxylation is 1. The van der Waals surface area contributed by atoms with E-state index in [2.05, 4.69) is 5.32 Å². The Bertz CT molecular complexity index is 1420. The highest BCUT2D eigenvalue weighted by molar-refractivity contribution is 6.03. The fourth-order valence-corrected chi connectivity index (χ4v) is 4.48. The van der Waals surface area contributed by atoms with Gasteiger partial charge >= 0.3 is 0 Å². The number of amides is 2. The Labute approximate surface area is 227 Å². The second kappa shape index (κ2) is 11.7. The number of nitrogens with one attached hydrogen (secondary N) is 1. The van der Waals surface area contributed by atoms with Gasteiger partial charge in [-0.1, -0.05) is 72.3 Å². The highest BCUT2D eigenvalue weighted by atomic mass is 16.6. The number of benzene rings is 4. The zero-order valence-electron chi connectivity index (χ0n) is 21.9. The van der Waals surface area contributed by atoms with E-state index in [1.54, 1.807) is 19.2 Å². The fraction of sp³-hybridized carbons (Fsp3) is 0.188. The van der Waals surface area contributed by atoms with Gasteiger partial charge in [-0.3, -0.25) is 14.5 Å². The molecule has 0 bridgehead atoms. The first-order valence-corrected chi connectivity index (χ1v) is 12.8. The van der Waals surface area contributed by atoms with Gasteiger partial charge in [-0.15, -0.1) is 0 Å². The Morgan fingerprint density at radius 2 is 1.56 bits per heavy atom. The van der Waals surface area contributed by atoms with E-state index < -0.39 is 12.1 Å². The minimum Gasteiger partial charge on any atom is -0.497 e. The third-order valence-corrected chi connectivity index (χ3v) is 6.58. The molecule has 1 aliphatic rings. The summed E-state index contributed by atoms with van der Waals surface area (Å²) in [6.45, 7) is 2.30. The third kappa shape index (κ3) is 5.88. The molecule has 2 amide bonds. The van der Waals surface area contributed by atoms with E-state index in [1.807, 2.05) is 97.9 Å². The van der Waals surface area contributed by atoms with E-state index in [0.717, 1.165) is 16.9 Å². The molecule has 1 aliphatic heterocycles. The molecule has 7 heteroatoms. The molecule has 0 saturated heterocycles. The van der Waals surface area contributed by atoms with Crippen molar-refractivity contribution in [2.75, 3.05) is 18.6 Å². The first-order chi connectivity index (χ1) is 19.0. The van der Waals surface area contributed by atoms with Crippen LogP contribution in [0.25, 0.3) is 0 Å². The van der Waals surface area contributed by atoms with Crippen LogP contribution in [0, 0.1) is 6.92 Å². The summed E-state index contributed by atoms with van der Waals surface area (Å²) in [7, 11) is 1.61. The van der Waals surface area contributed by atoms with Crippen LogP contribution in [0.2, 0.25) is 0 Å². The van der Waals surface area contributed by atoms with Crippen molar-refractivity contribution in [2.24, 2.45) is 0 Å². The Morgan fingerprint density at radius 1 is 0.897 bits per heavy atom. The fourth-order valence-electron chi connectivity index (χ4n) is 4.48. The van der Waals surface area contributed by atoms with Crippen LogP contribution in [0.15, 0.2) is 103 Å². The summed E-state index contributed by atoms with van der Waals surface area (Å²) in [6.07, 6.45) is -0.928. The van der Waals surface area contributed by atoms with Crippen LogP contribution in [-0.2, 0) is 16.1 Å². The lowest BCUT2D eigenvalue weighted by molar-refractivity contribution is -0.131. The Hall–Kier alpha value is -4.78. The molecule has 0 saturated carbocycles. The average Bonchev–Trinajstić information content (AvgIpc) is 2.99. The highest BCUT2D eigenvalue weighted by Gasteiger charge is 2.39. The predicted octanol–water partition coefficient (Wildman–Crippen LogP) is 5.23. The summed E-state index contributed by atoms with van der Waals surface area (Å²) in [5.41, 5.74) is 3.22. The maximum atomic E-state index is 14.2. The number of carbonyl (C=O) groups is 2. The molecule has 2 atom stereocenters. The van der Waals surface area contributed by atoms with Gasteiger partial charge in [-0.05, 0) is 54.4 Å². The lowest BCUT2D eigenvalue weighted by atomic mass is 10.0. The van der Waals surface area contributed by atoms with E-state index in [9.17, 15) is 9.59 Å². The van der Waals surface area contributed by atoms with Crippen LogP contribution in [0.4, 0.5) is 5.69 Å². The van der Waals surface area contributed by atoms with E-state index in [4.69, 9.17) is 14.2 Å². The normalized spacial score (nSPS) is 14.7. The standard InChI is InChI=1S/C32H30N2O5/c1-22-12-16-24(17-13-22)30(31(35)33-20-23-14-18-26(37-2)19-15-23)34(25-8-4-3-5-9-25)32(36)29-21-38-27-10-6-7-11-28(27)39-29/h3-19,29-30H,20-21H2,1-2H3,(H,33,35)/t29-,30+/m0/s1. The van der Waals surface area contributed by atoms with Crippen molar-refractivity contribution in [1.29, 1.82) is 0 Å². The van der Waals surface area contributed by atoms with E-state index in [1.165, 1.54) is 4.90 Å². The Balaban J connectivity index is 1.49. The van der Waals surface area contributed by atoms with Crippen molar-refractivity contribution in [3.63, 3.8) is 0 Å². The molecule has 4 aromatic rings. The molecule has 0 aliphatic carbocycles. The maximum absolute atomic E-state index is 14.2. The van der Waals surface area contributed by atoms with Crippen molar-refractivity contribution in [2.45, 2.75) is 25.6 Å². The van der Waals surface area contributed by atoms with Crippen LogP contribution in [0.1, 0.15) is 22.7 Å². The lowest BCUT2D eigenvalue weighted by Crippen LogP contribution is -2.51. The predicted molar refractivity (Wildman–Crippen MR) is 149 cm³/mol. The Kier molecular flexibility index (Phi) is 7.78. The van der Waals surface area contributed by atoms with E-state index in [0.29, 0.717) is 29.3 Å². The van der Waals surface area contributed by atoms with Gasteiger partial charge in [0, 0.05) is 12.2 Å². The molecule has 0 fully saturated rings. The number of rotatable bonds is 8. The number of para-hydroxylation sites is 3. The monoisotopic (exact) mass is 522 g/mol. The van der Waals surface area contributed by atoms with Crippen LogP contribution >= 0.6 is 0 Å². The zero-order valence-corrected chi connectivity index (χ0v) is 21.9. The number of hydrogen-bond acceptors (Lipinski definition) is 5. The molecule has 5 rings (SSSR count). The number of anilines is 1. The van der Waals surface area contributed by atoms with Crippen molar-refractivity contribution >= 4 is 17.5 Å².